The van der Waals surface area contributed by atoms with Crippen molar-refractivity contribution in [2.75, 3.05) is 23.3 Å². The number of carbonyl (C=O) groups excluding carboxylic acids is 1. The van der Waals surface area contributed by atoms with Gasteiger partial charge in [0.2, 0.25) is 5.91 Å². The Morgan fingerprint density at radius 1 is 1.08 bits per heavy atom. The first-order valence-electron chi connectivity index (χ1n) is 9.31. The maximum atomic E-state index is 12.4. The fourth-order valence-electron chi connectivity index (χ4n) is 3.61. The number of piperidine rings is 1. The first kappa shape index (κ1) is 16.7. The molecule has 1 aliphatic heterocycles. The highest BCUT2D eigenvalue weighted by atomic mass is 16.3. The molecule has 4 nitrogen and oxygen atoms in total. The highest BCUT2D eigenvalue weighted by Crippen LogP contribution is 2.24. The van der Waals surface area contributed by atoms with Crippen LogP contribution in [-0.4, -0.2) is 19.0 Å². The Hall–Kier alpha value is -2.75. The second-order valence-corrected chi connectivity index (χ2v) is 7.08. The molecule has 1 N–H and O–H groups in total. The van der Waals surface area contributed by atoms with E-state index in [4.69, 9.17) is 4.42 Å². The number of carbonyl (C=O) groups is 1. The zero-order valence-electron chi connectivity index (χ0n) is 15.1. The molecule has 134 valence electrons. The van der Waals surface area contributed by atoms with Crippen molar-refractivity contribution < 1.29 is 9.21 Å². The van der Waals surface area contributed by atoms with Gasteiger partial charge in [-0.3, -0.25) is 4.79 Å². The van der Waals surface area contributed by atoms with Crippen molar-refractivity contribution in [2.45, 2.75) is 32.6 Å². The molecule has 2 heterocycles. The van der Waals surface area contributed by atoms with E-state index in [0.29, 0.717) is 6.42 Å². The van der Waals surface area contributed by atoms with Crippen molar-refractivity contribution in [1.29, 1.82) is 0 Å². The summed E-state index contributed by atoms with van der Waals surface area (Å²) >= 11 is 0. The zero-order chi connectivity index (χ0) is 17.9. The molecule has 26 heavy (non-hydrogen) atoms. The van der Waals surface area contributed by atoms with Gasteiger partial charge in [-0.05, 0) is 62.1 Å². The van der Waals surface area contributed by atoms with Crippen LogP contribution in [0.15, 0.2) is 53.1 Å². The summed E-state index contributed by atoms with van der Waals surface area (Å²) in [6, 6.07) is 14.2. The average Bonchev–Trinajstić information content (AvgIpc) is 3.04. The minimum absolute atomic E-state index is 0.0287. The van der Waals surface area contributed by atoms with Gasteiger partial charge in [-0.1, -0.05) is 12.1 Å². The molecule has 1 aliphatic rings. The number of furan rings is 1. The van der Waals surface area contributed by atoms with Gasteiger partial charge in [-0.2, -0.15) is 0 Å². The molecule has 0 atom stereocenters. The summed E-state index contributed by atoms with van der Waals surface area (Å²) in [4.78, 5) is 14.8. The van der Waals surface area contributed by atoms with Crippen LogP contribution < -0.4 is 10.2 Å². The molecular formula is C22H24N2O2. The van der Waals surface area contributed by atoms with Gasteiger partial charge >= 0.3 is 0 Å². The standard InChI is InChI=1S/C22H24N2O2/c1-16-5-10-20-17(15-26-21(20)13-16)14-22(25)23-18-6-8-19(9-7-18)24-11-3-2-4-12-24/h5-10,13,15H,2-4,11-12,14H2,1H3,(H,23,25). The first-order valence-corrected chi connectivity index (χ1v) is 9.31. The molecule has 0 bridgehead atoms. The van der Waals surface area contributed by atoms with E-state index in [1.807, 2.05) is 37.3 Å². The second kappa shape index (κ2) is 7.24. The Morgan fingerprint density at radius 2 is 1.85 bits per heavy atom. The Labute approximate surface area is 153 Å². The average molecular weight is 348 g/mol. The van der Waals surface area contributed by atoms with E-state index in [1.54, 1.807) is 6.26 Å². The molecule has 1 fully saturated rings. The third-order valence-corrected chi connectivity index (χ3v) is 5.03. The molecule has 4 heteroatoms. The van der Waals surface area contributed by atoms with Crippen LogP contribution in [-0.2, 0) is 11.2 Å². The minimum atomic E-state index is -0.0287. The molecule has 1 saturated heterocycles. The van der Waals surface area contributed by atoms with Crippen molar-refractivity contribution in [3.05, 3.63) is 59.9 Å². The van der Waals surface area contributed by atoms with E-state index < -0.39 is 0 Å². The Balaban J connectivity index is 1.41. The van der Waals surface area contributed by atoms with Crippen LogP contribution in [0.25, 0.3) is 11.0 Å². The molecule has 1 aromatic heterocycles. The van der Waals surface area contributed by atoms with Crippen molar-refractivity contribution in [2.24, 2.45) is 0 Å². The summed E-state index contributed by atoms with van der Waals surface area (Å²) < 4.78 is 5.58. The molecule has 3 aromatic rings. The Bertz CT molecular complexity index is 906. The van der Waals surface area contributed by atoms with E-state index in [-0.39, 0.29) is 5.91 Å². The van der Waals surface area contributed by atoms with Gasteiger partial charge in [0.1, 0.15) is 5.58 Å². The van der Waals surface area contributed by atoms with Crippen LogP contribution in [0, 0.1) is 6.92 Å². The third kappa shape index (κ3) is 3.59. The highest BCUT2D eigenvalue weighted by molar-refractivity contribution is 5.95. The smallest absolute Gasteiger partial charge is 0.228 e. The molecule has 1 amide bonds. The van der Waals surface area contributed by atoms with Crippen molar-refractivity contribution in [1.82, 2.24) is 0 Å². The van der Waals surface area contributed by atoms with Crippen LogP contribution in [0.4, 0.5) is 11.4 Å². The number of anilines is 2. The SMILES string of the molecule is Cc1ccc2c(CC(=O)Nc3ccc(N4CCCCC4)cc3)coc2c1. The van der Waals surface area contributed by atoms with Gasteiger partial charge in [-0.15, -0.1) is 0 Å². The topological polar surface area (TPSA) is 45.5 Å². The van der Waals surface area contributed by atoms with Crippen LogP contribution >= 0.6 is 0 Å². The lowest BCUT2D eigenvalue weighted by Crippen LogP contribution is -2.29. The summed E-state index contributed by atoms with van der Waals surface area (Å²) in [5, 5.41) is 3.99. The molecule has 0 aliphatic carbocycles. The maximum Gasteiger partial charge on any atom is 0.228 e. The molecule has 2 aromatic carbocycles. The summed E-state index contributed by atoms with van der Waals surface area (Å²) in [6.07, 6.45) is 5.84. The number of benzene rings is 2. The monoisotopic (exact) mass is 348 g/mol. The lowest BCUT2D eigenvalue weighted by Gasteiger charge is -2.28. The van der Waals surface area contributed by atoms with Gasteiger partial charge in [0.05, 0.1) is 12.7 Å². The third-order valence-electron chi connectivity index (χ3n) is 5.03. The fraction of sp³-hybridized carbons (Fsp3) is 0.318. The predicted octanol–water partition coefficient (Wildman–Crippen LogP) is 4.91. The number of hydrogen-bond donors (Lipinski definition) is 1. The quantitative estimate of drug-likeness (QED) is 0.728. The van der Waals surface area contributed by atoms with Crippen molar-refractivity contribution in [3.63, 3.8) is 0 Å². The molecule has 0 radical (unpaired) electrons. The summed E-state index contributed by atoms with van der Waals surface area (Å²) in [6.45, 7) is 4.28. The molecule has 4 rings (SSSR count). The summed E-state index contributed by atoms with van der Waals surface area (Å²) in [5.41, 5.74) is 4.97. The van der Waals surface area contributed by atoms with Crippen LogP contribution in [0.2, 0.25) is 0 Å². The predicted molar refractivity (Wildman–Crippen MR) is 106 cm³/mol. The Kier molecular flexibility index (Phi) is 4.65. The van der Waals surface area contributed by atoms with Crippen LogP contribution in [0.1, 0.15) is 30.4 Å². The van der Waals surface area contributed by atoms with E-state index in [0.717, 1.165) is 40.9 Å². The van der Waals surface area contributed by atoms with Gasteiger partial charge < -0.3 is 14.6 Å². The number of rotatable bonds is 4. The van der Waals surface area contributed by atoms with Crippen molar-refractivity contribution in [3.8, 4) is 0 Å². The largest absolute Gasteiger partial charge is 0.464 e. The van der Waals surface area contributed by atoms with E-state index >= 15 is 0 Å². The minimum Gasteiger partial charge on any atom is -0.464 e. The van der Waals surface area contributed by atoms with Crippen molar-refractivity contribution >= 4 is 28.3 Å². The molecule has 0 unspecified atom stereocenters. The lowest BCUT2D eigenvalue weighted by atomic mass is 10.1. The molecular weight excluding hydrogens is 324 g/mol. The number of aryl methyl sites for hydroxylation is 1. The summed E-state index contributed by atoms with van der Waals surface area (Å²) in [7, 11) is 0. The first-order chi connectivity index (χ1) is 12.7. The number of hydrogen-bond acceptors (Lipinski definition) is 3. The normalized spacial score (nSPS) is 14.6. The fourth-order valence-corrected chi connectivity index (χ4v) is 3.61. The van der Waals surface area contributed by atoms with E-state index in [2.05, 4.69) is 22.3 Å². The van der Waals surface area contributed by atoms with Gasteiger partial charge in [0.15, 0.2) is 0 Å². The van der Waals surface area contributed by atoms with E-state index in [1.165, 1.54) is 24.9 Å². The van der Waals surface area contributed by atoms with Gasteiger partial charge in [0, 0.05) is 35.4 Å². The number of nitrogens with one attached hydrogen (secondary N) is 1. The second-order valence-electron chi connectivity index (χ2n) is 7.08. The zero-order valence-corrected chi connectivity index (χ0v) is 15.1. The Morgan fingerprint density at radius 3 is 2.62 bits per heavy atom. The molecule has 0 spiro atoms. The number of amides is 1. The van der Waals surface area contributed by atoms with Gasteiger partial charge in [-0.25, -0.2) is 0 Å². The number of fused-ring (bicyclic) bond motifs is 1. The highest BCUT2D eigenvalue weighted by Gasteiger charge is 2.13. The summed E-state index contributed by atoms with van der Waals surface area (Å²) in [5.74, 6) is -0.0287. The van der Waals surface area contributed by atoms with Gasteiger partial charge in [0.25, 0.3) is 0 Å². The number of nitrogens with zero attached hydrogens (tertiary/aromatic N) is 1. The van der Waals surface area contributed by atoms with Crippen LogP contribution in [0.5, 0.6) is 0 Å². The molecule has 0 saturated carbocycles. The van der Waals surface area contributed by atoms with Crippen LogP contribution in [0.3, 0.4) is 0 Å². The lowest BCUT2D eigenvalue weighted by molar-refractivity contribution is -0.115. The van der Waals surface area contributed by atoms with E-state index in [9.17, 15) is 4.79 Å². The maximum absolute atomic E-state index is 12.4.